The fourth-order valence-electron chi connectivity index (χ4n) is 1.47. The Balaban J connectivity index is 2.37. The minimum Gasteiger partial charge on any atom is -0.478 e. The molecule has 106 valence electrons. The van der Waals surface area contributed by atoms with Crippen LogP contribution in [0.2, 0.25) is 0 Å². The number of carbonyl (C=O) groups is 1. The first-order chi connectivity index (χ1) is 9.15. The molecule has 0 fully saturated rings. The predicted molar refractivity (Wildman–Crippen MR) is 75.9 cm³/mol. The van der Waals surface area contributed by atoms with Crippen LogP contribution in [0.3, 0.4) is 0 Å². The van der Waals surface area contributed by atoms with E-state index in [2.05, 4.69) is 6.92 Å². The molecule has 0 spiro atoms. The molecule has 0 bridgehead atoms. The fraction of sp³-hybridized carbons (Fsp3) is 0.500. The molecule has 0 heterocycles. The van der Waals surface area contributed by atoms with E-state index in [1.165, 1.54) is 11.8 Å². The minimum atomic E-state index is -0.947. The van der Waals surface area contributed by atoms with E-state index in [9.17, 15) is 9.90 Å². The highest BCUT2D eigenvalue weighted by Crippen LogP contribution is 2.23. The summed E-state index contributed by atoms with van der Waals surface area (Å²) in [5, 5.41) is 18.8. The molecule has 0 amide bonds. The Labute approximate surface area is 117 Å². The monoisotopic (exact) mass is 284 g/mol. The number of rotatable bonds is 9. The molecular formula is C14H20O4S. The van der Waals surface area contributed by atoms with Crippen LogP contribution in [0.4, 0.5) is 0 Å². The van der Waals surface area contributed by atoms with Crippen LogP contribution in [0, 0.1) is 0 Å². The Bertz CT molecular complexity index is 395. The number of aromatic carboxylic acids is 1. The van der Waals surface area contributed by atoms with Gasteiger partial charge in [0.2, 0.25) is 0 Å². The van der Waals surface area contributed by atoms with Gasteiger partial charge in [0.1, 0.15) is 0 Å². The van der Waals surface area contributed by atoms with E-state index in [-0.39, 0.29) is 5.56 Å². The van der Waals surface area contributed by atoms with Gasteiger partial charge in [0.15, 0.2) is 0 Å². The summed E-state index contributed by atoms with van der Waals surface area (Å²) in [4.78, 5) is 11.7. The number of aliphatic hydroxyl groups is 1. The minimum absolute atomic E-state index is 0.270. The number of hydrogen-bond donors (Lipinski definition) is 2. The highest BCUT2D eigenvalue weighted by Gasteiger charge is 2.11. The molecule has 2 N–H and O–H groups in total. The Hall–Kier alpha value is -1.04. The van der Waals surface area contributed by atoms with Crippen LogP contribution in [0.5, 0.6) is 0 Å². The molecule has 0 saturated heterocycles. The SMILES string of the molecule is CCCCOCC(O)CSc1ccccc1C(=O)O. The van der Waals surface area contributed by atoms with Crippen molar-refractivity contribution < 1.29 is 19.7 Å². The Morgan fingerprint density at radius 3 is 2.84 bits per heavy atom. The number of unbranched alkanes of at least 4 members (excludes halogenated alkanes) is 1. The molecule has 1 atom stereocenters. The summed E-state index contributed by atoms with van der Waals surface area (Å²) in [5.41, 5.74) is 0.270. The average Bonchev–Trinajstić information content (AvgIpc) is 2.41. The largest absolute Gasteiger partial charge is 0.478 e. The average molecular weight is 284 g/mol. The first-order valence-corrected chi connectivity index (χ1v) is 7.34. The highest BCUT2D eigenvalue weighted by atomic mass is 32.2. The third-order valence-corrected chi connectivity index (χ3v) is 3.72. The van der Waals surface area contributed by atoms with Crippen LogP contribution < -0.4 is 0 Å². The number of carboxylic acids is 1. The number of thioether (sulfide) groups is 1. The van der Waals surface area contributed by atoms with Crippen LogP contribution >= 0.6 is 11.8 Å². The van der Waals surface area contributed by atoms with Crippen LogP contribution in [-0.4, -0.2) is 41.3 Å². The Morgan fingerprint density at radius 2 is 2.16 bits per heavy atom. The van der Waals surface area contributed by atoms with Crippen molar-refractivity contribution in [2.24, 2.45) is 0 Å². The van der Waals surface area contributed by atoms with Crippen molar-refractivity contribution in [2.75, 3.05) is 19.0 Å². The van der Waals surface area contributed by atoms with Crippen LogP contribution in [-0.2, 0) is 4.74 Å². The molecule has 1 rings (SSSR count). The molecule has 0 aromatic heterocycles. The van der Waals surface area contributed by atoms with Gasteiger partial charge in [-0.15, -0.1) is 11.8 Å². The maximum atomic E-state index is 11.0. The zero-order valence-electron chi connectivity index (χ0n) is 11.0. The maximum absolute atomic E-state index is 11.0. The number of benzene rings is 1. The van der Waals surface area contributed by atoms with Crippen molar-refractivity contribution in [2.45, 2.75) is 30.8 Å². The molecule has 0 radical (unpaired) electrons. The van der Waals surface area contributed by atoms with Gasteiger partial charge in [-0.05, 0) is 18.6 Å². The summed E-state index contributed by atoms with van der Waals surface area (Å²) in [6.45, 7) is 3.03. The summed E-state index contributed by atoms with van der Waals surface area (Å²) < 4.78 is 5.32. The van der Waals surface area contributed by atoms with Gasteiger partial charge in [-0.2, -0.15) is 0 Å². The van der Waals surface area contributed by atoms with Crippen LogP contribution in [0.15, 0.2) is 29.2 Å². The lowest BCUT2D eigenvalue weighted by molar-refractivity contribution is 0.0473. The van der Waals surface area contributed by atoms with Crippen molar-refractivity contribution in [3.63, 3.8) is 0 Å². The predicted octanol–water partition coefficient (Wildman–Crippen LogP) is 2.65. The number of hydrogen-bond acceptors (Lipinski definition) is 4. The van der Waals surface area contributed by atoms with Crippen molar-refractivity contribution in [1.29, 1.82) is 0 Å². The normalized spacial score (nSPS) is 12.3. The number of aliphatic hydroxyl groups excluding tert-OH is 1. The highest BCUT2D eigenvalue weighted by molar-refractivity contribution is 7.99. The summed E-state index contributed by atoms with van der Waals surface area (Å²) in [6, 6.07) is 6.80. The van der Waals surface area contributed by atoms with Gasteiger partial charge in [0.05, 0.1) is 18.3 Å². The zero-order valence-corrected chi connectivity index (χ0v) is 11.9. The van der Waals surface area contributed by atoms with E-state index in [0.29, 0.717) is 23.9 Å². The summed E-state index contributed by atoms with van der Waals surface area (Å²) in [6.07, 6.45) is 1.47. The maximum Gasteiger partial charge on any atom is 0.336 e. The van der Waals surface area contributed by atoms with E-state index < -0.39 is 12.1 Å². The number of ether oxygens (including phenoxy) is 1. The molecular weight excluding hydrogens is 264 g/mol. The standard InChI is InChI=1S/C14H20O4S/c1-2-3-8-18-9-11(15)10-19-13-7-5-4-6-12(13)14(16)17/h4-7,11,15H,2-3,8-10H2,1H3,(H,16,17). The van der Waals surface area contributed by atoms with Crippen molar-refractivity contribution in [3.05, 3.63) is 29.8 Å². The summed E-state index contributed by atoms with van der Waals surface area (Å²) in [5.74, 6) is -0.520. The fourth-order valence-corrected chi connectivity index (χ4v) is 2.42. The van der Waals surface area contributed by atoms with Gasteiger partial charge in [0.25, 0.3) is 0 Å². The molecule has 0 aliphatic rings. The number of carboxylic acid groups (broad SMARTS) is 1. The lowest BCUT2D eigenvalue weighted by atomic mass is 10.2. The van der Waals surface area contributed by atoms with Gasteiger partial charge in [-0.3, -0.25) is 0 Å². The van der Waals surface area contributed by atoms with Crippen LogP contribution in [0.1, 0.15) is 30.1 Å². The molecule has 1 unspecified atom stereocenters. The summed E-state index contributed by atoms with van der Waals surface area (Å²) >= 11 is 1.34. The van der Waals surface area contributed by atoms with Gasteiger partial charge in [0, 0.05) is 17.3 Å². The zero-order chi connectivity index (χ0) is 14.1. The van der Waals surface area contributed by atoms with Crippen molar-refractivity contribution in [1.82, 2.24) is 0 Å². The topological polar surface area (TPSA) is 66.8 Å². The van der Waals surface area contributed by atoms with Gasteiger partial charge >= 0.3 is 5.97 Å². The second-order valence-corrected chi connectivity index (χ2v) is 5.26. The van der Waals surface area contributed by atoms with E-state index in [1.807, 2.05) is 0 Å². The molecule has 0 aliphatic heterocycles. The molecule has 4 nitrogen and oxygen atoms in total. The third-order valence-electron chi connectivity index (χ3n) is 2.50. The van der Waals surface area contributed by atoms with E-state index in [1.54, 1.807) is 24.3 Å². The van der Waals surface area contributed by atoms with Crippen LogP contribution in [0.25, 0.3) is 0 Å². The quantitative estimate of drug-likeness (QED) is 0.539. The van der Waals surface area contributed by atoms with Crippen molar-refractivity contribution >= 4 is 17.7 Å². The van der Waals surface area contributed by atoms with E-state index in [0.717, 1.165) is 12.8 Å². The van der Waals surface area contributed by atoms with E-state index >= 15 is 0 Å². The second-order valence-electron chi connectivity index (χ2n) is 4.19. The Kier molecular flexibility index (Phi) is 7.55. The molecule has 1 aromatic carbocycles. The first kappa shape index (κ1) is 16.0. The smallest absolute Gasteiger partial charge is 0.336 e. The molecule has 1 aromatic rings. The van der Waals surface area contributed by atoms with Gasteiger partial charge in [-0.1, -0.05) is 25.5 Å². The van der Waals surface area contributed by atoms with Gasteiger partial charge < -0.3 is 14.9 Å². The molecule has 0 aliphatic carbocycles. The lowest BCUT2D eigenvalue weighted by Gasteiger charge is -2.11. The van der Waals surface area contributed by atoms with Crippen molar-refractivity contribution in [3.8, 4) is 0 Å². The second kappa shape index (κ2) is 8.96. The van der Waals surface area contributed by atoms with Gasteiger partial charge in [-0.25, -0.2) is 4.79 Å². The summed E-state index contributed by atoms with van der Waals surface area (Å²) in [7, 11) is 0. The molecule has 0 saturated carbocycles. The lowest BCUT2D eigenvalue weighted by Crippen LogP contribution is -2.18. The van der Waals surface area contributed by atoms with E-state index in [4.69, 9.17) is 9.84 Å². The molecule has 5 heteroatoms. The third kappa shape index (κ3) is 6.09. The first-order valence-electron chi connectivity index (χ1n) is 6.36. The molecule has 19 heavy (non-hydrogen) atoms. The Morgan fingerprint density at radius 1 is 1.42 bits per heavy atom.